The molecule has 23 heavy (non-hydrogen) atoms. The Labute approximate surface area is 138 Å². The van der Waals surface area contributed by atoms with Gasteiger partial charge in [0.1, 0.15) is 5.82 Å². The summed E-state index contributed by atoms with van der Waals surface area (Å²) in [6.45, 7) is 0. The second-order valence-corrected chi connectivity index (χ2v) is 7.51. The molecule has 5 nitrogen and oxygen atoms in total. The number of anilines is 2. The fourth-order valence-electron chi connectivity index (χ4n) is 1.75. The normalized spacial score (nSPS) is 11.0. The van der Waals surface area contributed by atoms with Crippen LogP contribution < -0.4 is 10.0 Å². The highest BCUT2D eigenvalue weighted by Crippen LogP contribution is 2.23. The van der Waals surface area contributed by atoms with Crippen LogP contribution in [0.25, 0.3) is 0 Å². The van der Waals surface area contributed by atoms with Gasteiger partial charge in [0, 0.05) is 4.90 Å². The molecule has 0 aliphatic heterocycles. The number of carbonyl (C=O) groups excluding carboxylic acids is 1. The van der Waals surface area contributed by atoms with Gasteiger partial charge in [-0.1, -0.05) is 12.1 Å². The topological polar surface area (TPSA) is 75.3 Å². The van der Waals surface area contributed by atoms with Crippen LogP contribution in [0.5, 0.6) is 0 Å². The summed E-state index contributed by atoms with van der Waals surface area (Å²) in [5, 5.41) is 2.65. The van der Waals surface area contributed by atoms with E-state index in [2.05, 4.69) is 10.0 Å². The minimum absolute atomic E-state index is 0.124. The molecule has 8 heteroatoms. The Morgan fingerprint density at radius 2 is 1.70 bits per heavy atom. The first-order chi connectivity index (χ1) is 10.8. The molecule has 0 atom stereocenters. The van der Waals surface area contributed by atoms with Gasteiger partial charge in [0.25, 0.3) is 0 Å². The van der Waals surface area contributed by atoms with Crippen LogP contribution in [0.4, 0.5) is 15.8 Å². The number of sulfonamides is 1. The van der Waals surface area contributed by atoms with E-state index in [1.807, 2.05) is 0 Å². The van der Waals surface area contributed by atoms with Crippen molar-refractivity contribution in [2.24, 2.45) is 0 Å². The summed E-state index contributed by atoms with van der Waals surface area (Å²) in [5.41, 5.74) is 0.678. The smallest absolute Gasteiger partial charge is 0.234 e. The Morgan fingerprint density at radius 3 is 2.30 bits per heavy atom. The van der Waals surface area contributed by atoms with Crippen molar-refractivity contribution in [1.29, 1.82) is 0 Å². The lowest BCUT2D eigenvalue weighted by Gasteiger charge is -2.11. The molecule has 0 fully saturated rings. The lowest BCUT2D eigenvalue weighted by molar-refractivity contribution is -0.113. The highest BCUT2D eigenvalue weighted by Gasteiger charge is 2.10. The minimum Gasteiger partial charge on any atom is -0.324 e. The largest absolute Gasteiger partial charge is 0.324 e. The molecule has 2 rings (SSSR count). The number of carbonyl (C=O) groups is 1. The molecule has 0 saturated carbocycles. The number of thioether (sulfide) groups is 1. The molecular formula is C15H15FN2O3S2. The maximum Gasteiger partial charge on any atom is 0.234 e. The molecule has 0 spiro atoms. The molecule has 2 aromatic carbocycles. The maximum absolute atomic E-state index is 12.8. The Hall–Kier alpha value is -2.06. The van der Waals surface area contributed by atoms with Gasteiger partial charge >= 0.3 is 0 Å². The van der Waals surface area contributed by atoms with Crippen LogP contribution in [0.2, 0.25) is 0 Å². The van der Waals surface area contributed by atoms with E-state index in [1.54, 1.807) is 36.4 Å². The maximum atomic E-state index is 12.8. The van der Waals surface area contributed by atoms with Crippen molar-refractivity contribution in [3.63, 3.8) is 0 Å². The number of hydrogen-bond donors (Lipinski definition) is 2. The lowest BCUT2D eigenvalue weighted by atomic mass is 10.3. The number of benzene rings is 2. The van der Waals surface area contributed by atoms with Crippen LogP contribution in [-0.2, 0) is 14.8 Å². The summed E-state index contributed by atoms with van der Waals surface area (Å²) in [6.07, 6.45) is 1.04. The zero-order valence-corrected chi connectivity index (χ0v) is 13.9. The van der Waals surface area contributed by atoms with Gasteiger partial charge in [0.2, 0.25) is 15.9 Å². The minimum atomic E-state index is -3.44. The third kappa shape index (κ3) is 5.91. The lowest BCUT2D eigenvalue weighted by Crippen LogP contribution is -2.17. The van der Waals surface area contributed by atoms with Gasteiger partial charge in [0.05, 0.1) is 23.4 Å². The van der Waals surface area contributed by atoms with Crippen LogP contribution in [0, 0.1) is 5.82 Å². The van der Waals surface area contributed by atoms with Crippen LogP contribution >= 0.6 is 11.8 Å². The van der Waals surface area contributed by atoms with E-state index >= 15 is 0 Å². The third-order valence-corrected chi connectivity index (χ3v) is 4.28. The van der Waals surface area contributed by atoms with Crippen molar-refractivity contribution >= 4 is 39.1 Å². The molecule has 0 radical (unpaired) electrons. The second kappa shape index (κ2) is 7.47. The van der Waals surface area contributed by atoms with E-state index in [9.17, 15) is 17.6 Å². The summed E-state index contributed by atoms with van der Waals surface area (Å²) in [4.78, 5) is 12.8. The van der Waals surface area contributed by atoms with E-state index in [-0.39, 0.29) is 17.5 Å². The Bertz CT molecular complexity index is 793. The van der Waals surface area contributed by atoms with Gasteiger partial charge in [-0.15, -0.1) is 11.8 Å². The van der Waals surface area contributed by atoms with Crippen molar-refractivity contribution < 1.29 is 17.6 Å². The van der Waals surface area contributed by atoms with Gasteiger partial charge in [-0.2, -0.15) is 0 Å². The molecule has 122 valence electrons. The highest BCUT2D eigenvalue weighted by atomic mass is 32.2. The monoisotopic (exact) mass is 354 g/mol. The van der Waals surface area contributed by atoms with E-state index in [1.165, 1.54) is 23.9 Å². The average molecular weight is 354 g/mol. The standard InChI is InChI=1S/C15H15FN2O3S2/c1-23(20,21)18-14-5-3-2-4-13(14)17-15(19)10-22-12-8-6-11(16)7-9-12/h2-9,18H,10H2,1H3,(H,17,19). The van der Waals surface area contributed by atoms with Crippen molar-refractivity contribution in [3.8, 4) is 0 Å². The number of hydrogen-bond acceptors (Lipinski definition) is 4. The Morgan fingerprint density at radius 1 is 1.09 bits per heavy atom. The molecule has 2 N–H and O–H groups in total. The van der Waals surface area contributed by atoms with Crippen molar-refractivity contribution in [1.82, 2.24) is 0 Å². The first-order valence-electron chi connectivity index (χ1n) is 6.58. The van der Waals surface area contributed by atoms with Crippen LogP contribution in [0.3, 0.4) is 0 Å². The molecule has 0 bridgehead atoms. The Balaban J connectivity index is 1.99. The molecule has 1 amide bonds. The molecule has 0 saturated heterocycles. The summed E-state index contributed by atoms with van der Waals surface area (Å²) in [7, 11) is -3.44. The number of halogens is 1. The van der Waals surface area contributed by atoms with Crippen LogP contribution in [-0.4, -0.2) is 26.3 Å². The van der Waals surface area contributed by atoms with Crippen LogP contribution in [0.15, 0.2) is 53.4 Å². The average Bonchev–Trinajstić information content (AvgIpc) is 2.47. The molecule has 0 aromatic heterocycles. The SMILES string of the molecule is CS(=O)(=O)Nc1ccccc1NC(=O)CSc1ccc(F)cc1. The van der Waals surface area contributed by atoms with Crippen molar-refractivity contribution in [2.45, 2.75) is 4.90 Å². The predicted octanol–water partition coefficient (Wildman–Crippen LogP) is 2.93. The quantitative estimate of drug-likeness (QED) is 0.782. The number of rotatable bonds is 6. The zero-order valence-electron chi connectivity index (χ0n) is 12.2. The van der Waals surface area contributed by atoms with Crippen LogP contribution in [0.1, 0.15) is 0 Å². The summed E-state index contributed by atoms with van der Waals surface area (Å²) in [5.74, 6) is -0.500. The first-order valence-corrected chi connectivity index (χ1v) is 9.46. The van der Waals surface area contributed by atoms with E-state index < -0.39 is 10.0 Å². The van der Waals surface area contributed by atoms with Gasteiger partial charge in [-0.3, -0.25) is 9.52 Å². The Kier molecular flexibility index (Phi) is 5.62. The van der Waals surface area contributed by atoms with Gasteiger partial charge in [-0.05, 0) is 36.4 Å². The van der Waals surface area contributed by atoms with Crippen molar-refractivity contribution in [3.05, 3.63) is 54.3 Å². The van der Waals surface area contributed by atoms with Crippen molar-refractivity contribution in [2.75, 3.05) is 22.0 Å². The van der Waals surface area contributed by atoms with Gasteiger partial charge < -0.3 is 5.32 Å². The first kappa shape index (κ1) is 17.3. The fourth-order valence-corrected chi connectivity index (χ4v) is 3.02. The molecule has 0 aliphatic rings. The zero-order chi connectivity index (χ0) is 16.9. The second-order valence-electron chi connectivity index (χ2n) is 4.71. The van der Waals surface area contributed by atoms with E-state index in [0.717, 1.165) is 11.2 Å². The van der Waals surface area contributed by atoms with E-state index in [4.69, 9.17) is 0 Å². The number of nitrogens with one attached hydrogen (secondary N) is 2. The highest BCUT2D eigenvalue weighted by molar-refractivity contribution is 8.00. The summed E-state index contributed by atoms with van der Waals surface area (Å²) in [6, 6.07) is 12.3. The van der Waals surface area contributed by atoms with Gasteiger partial charge in [0.15, 0.2) is 0 Å². The number of amides is 1. The fraction of sp³-hybridized carbons (Fsp3) is 0.133. The molecule has 0 unspecified atom stereocenters. The number of para-hydroxylation sites is 2. The molecule has 0 heterocycles. The third-order valence-electron chi connectivity index (χ3n) is 2.68. The molecule has 0 aliphatic carbocycles. The van der Waals surface area contributed by atoms with E-state index in [0.29, 0.717) is 11.4 Å². The summed E-state index contributed by atoms with van der Waals surface area (Å²) >= 11 is 1.26. The molecular weight excluding hydrogens is 339 g/mol. The predicted molar refractivity (Wildman–Crippen MR) is 90.7 cm³/mol. The molecule has 2 aromatic rings. The van der Waals surface area contributed by atoms with Gasteiger partial charge in [-0.25, -0.2) is 12.8 Å². The summed E-state index contributed by atoms with van der Waals surface area (Å²) < 4.78 is 37.8.